The van der Waals surface area contributed by atoms with Gasteiger partial charge in [-0.3, -0.25) is 4.79 Å². The maximum Gasteiger partial charge on any atom is 0.142 e. The van der Waals surface area contributed by atoms with Gasteiger partial charge in [0, 0.05) is 17.4 Å². The monoisotopic (exact) mass is 324 g/mol. The summed E-state index contributed by atoms with van der Waals surface area (Å²) in [5.41, 5.74) is 2.67. The Bertz CT molecular complexity index is 684. The van der Waals surface area contributed by atoms with Crippen LogP contribution in [0.15, 0.2) is 48.5 Å². The average Bonchev–Trinajstić information content (AvgIpc) is 2.59. The second-order valence-electron chi connectivity index (χ2n) is 7.26. The van der Waals surface area contributed by atoms with Crippen LogP contribution in [0.2, 0.25) is 0 Å². The fourth-order valence-electron chi connectivity index (χ4n) is 2.83. The number of carbonyl (C=O) groups is 1. The molecule has 0 aliphatic carbocycles. The maximum atomic E-state index is 12.7. The van der Waals surface area contributed by atoms with Crippen LogP contribution in [0.5, 0.6) is 5.75 Å². The summed E-state index contributed by atoms with van der Waals surface area (Å²) in [5, 5.41) is 0. The van der Waals surface area contributed by atoms with Gasteiger partial charge in [0.15, 0.2) is 0 Å². The first-order valence-corrected chi connectivity index (χ1v) is 8.63. The Morgan fingerprint density at radius 2 is 1.75 bits per heavy atom. The van der Waals surface area contributed by atoms with Crippen molar-refractivity contribution in [3.8, 4) is 16.9 Å². The smallest absolute Gasteiger partial charge is 0.142 e. The van der Waals surface area contributed by atoms with E-state index in [2.05, 4.69) is 38.1 Å². The molecule has 0 saturated carbocycles. The molecule has 0 heterocycles. The van der Waals surface area contributed by atoms with Gasteiger partial charge in [0.1, 0.15) is 11.5 Å². The standard InChI is InChI=1S/C22H28O2/c1-16(2)11-14-21(23)22(3,4)18-12-13-19(20(15-18)24-5)17-9-7-6-8-10-17/h6-10,12-13,15-16H,11,14H2,1-5H3. The molecule has 2 heteroatoms. The zero-order chi connectivity index (χ0) is 17.7. The maximum absolute atomic E-state index is 12.7. The van der Waals surface area contributed by atoms with E-state index in [1.165, 1.54) is 0 Å². The molecule has 0 bridgehead atoms. The Morgan fingerprint density at radius 3 is 2.33 bits per heavy atom. The minimum atomic E-state index is -0.503. The van der Waals surface area contributed by atoms with Crippen molar-refractivity contribution in [3.63, 3.8) is 0 Å². The van der Waals surface area contributed by atoms with Gasteiger partial charge in [-0.2, -0.15) is 0 Å². The molecular formula is C22H28O2. The largest absolute Gasteiger partial charge is 0.496 e. The summed E-state index contributed by atoms with van der Waals surface area (Å²) < 4.78 is 5.60. The predicted octanol–water partition coefficient (Wildman–Crippen LogP) is 5.65. The fourth-order valence-corrected chi connectivity index (χ4v) is 2.83. The van der Waals surface area contributed by atoms with Gasteiger partial charge in [0.25, 0.3) is 0 Å². The molecule has 0 amide bonds. The molecule has 0 atom stereocenters. The highest BCUT2D eigenvalue weighted by Crippen LogP contribution is 2.35. The molecular weight excluding hydrogens is 296 g/mol. The topological polar surface area (TPSA) is 26.3 Å². The Balaban J connectivity index is 2.33. The Kier molecular flexibility index (Phi) is 5.82. The van der Waals surface area contributed by atoms with E-state index in [9.17, 15) is 4.79 Å². The quantitative estimate of drug-likeness (QED) is 0.658. The van der Waals surface area contributed by atoms with Crippen molar-refractivity contribution in [1.82, 2.24) is 0 Å². The Hall–Kier alpha value is -2.09. The molecule has 0 aromatic heterocycles. The van der Waals surface area contributed by atoms with Crippen LogP contribution in [0.1, 0.15) is 46.1 Å². The highest BCUT2D eigenvalue weighted by atomic mass is 16.5. The Labute approximate surface area is 145 Å². The number of methoxy groups -OCH3 is 1. The van der Waals surface area contributed by atoms with E-state index in [4.69, 9.17) is 4.74 Å². The average molecular weight is 324 g/mol. The molecule has 0 spiro atoms. The van der Waals surface area contributed by atoms with Crippen LogP contribution in [0, 0.1) is 5.92 Å². The van der Waals surface area contributed by atoms with Gasteiger partial charge in [0.05, 0.1) is 7.11 Å². The summed E-state index contributed by atoms with van der Waals surface area (Å²) in [7, 11) is 1.68. The zero-order valence-corrected chi connectivity index (χ0v) is 15.4. The predicted molar refractivity (Wildman–Crippen MR) is 101 cm³/mol. The van der Waals surface area contributed by atoms with E-state index in [1.807, 2.05) is 38.1 Å². The summed E-state index contributed by atoms with van der Waals surface area (Å²) in [6.45, 7) is 8.31. The van der Waals surface area contributed by atoms with Gasteiger partial charge < -0.3 is 4.74 Å². The molecule has 2 rings (SSSR count). The molecule has 0 aliphatic rings. The van der Waals surface area contributed by atoms with Gasteiger partial charge in [-0.05, 0) is 43.4 Å². The van der Waals surface area contributed by atoms with Gasteiger partial charge >= 0.3 is 0 Å². The molecule has 2 aromatic carbocycles. The minimum Gasteiger partial charge on any atom is -0.496 e. The van der Waals surface area contributed by atoms with Crippen LogP contribution in [-0.4, -0.2) is 12.9 Å². The molecule has 2 aromatic rings. The highest BCUT2D eigenvalue weighted by molar-refractivity contribution is 5.89. The zero-order valence-electron chi connectivity index (χ0n) is 15.4. The summed E-state index contributed by atoms with van der Waals surface area (Å²) in [6.07, 6.45) is 1.55. The van der Waals surface area contributed by atoms with Crippen LogP contribution >= 0.6 is 0 Å². The first-order chi connectivity index (χ1) is 11.4. The Morgan fingerprint density at radius 1 is 1.08 bits per heavy atom. The number of ketones is 1. The second-order valence-corrected chi connectivity index (χ2v) is 7.26. The molecule has 0 fully saturated rings. The van der Waals surface area contributed by atoms with Gasteiger partial charge in [0.2, 0.25) is 0 Å². The first kappa shape index (κ1) is 18.3. The van der Waals surface area contributed by atoms with Gasteiger partial charge in [-0.1, -0.05) is 56.3 Å². The lowest BCUT2D eigenvalue weighted by Gasteiger charge is -2.25. The number of rotatable bonds is 7. The van der Waals surface area contributed by atoms with Crippen molar-refractivity contribution in [1.29, 1.82) is 0 Å². The molecule has 2 nitrogen and oxygen atoms in total. The summed E-state index contributed by atoms with van der Waals surface area (Å²) in [5.74, 6) is 1.63. The van der Waals surface area contributed by atoms with E-state index in [1.54, 1.807) is 7.11 Å². The third-order valence-corrected chi connectivity index (χ3v) is 4.65. The molecule has 0 radical (unpaired) electrons. The highest BCUT2D eigenvalue weighted by Gasteiger charge is 2.30. The SMILES string of the molecule is COc1cc(C(C)(C)C(=O)CCC(C)C)ccc1-c1ccccc1. The summed E-state index contributed by atoms with van der Waals surface area (Å²) >= 11 is 0. The lowest BCUT2D eigenvalue weighted by Crippen LogP contribution is -2.29. The normalized spacial score (nSPS) is 11.6. The number of ether oxygens (including phenoxy) is 1. The lowest BCUT2D eigenvalue weighted by molar-refractivity contribution is -0.123. The van der Waals surface area contributed by atoms with Crippen LogP contribution in [0.4, 0.5) is 0 Å². The van der Waals surface area contributed by atoms with Crippen molar-refractivity contribution in [2.45, 2.75) is 46.0 Å². The lowest BCUT2D eigenvalue weighted by atomic mass is 9.78. The first-order valence-electron chi connectivity index (χ1n) is 8.63. The van der Waals surface area contributed by atoms with Crippen molar-refractivity contribution >= 4 is 5.78 Å². The van der Waals surface area contributed by atoms with Crippen molar-refractivity contribution < 1.29 is 9.53 Å². The van der Waals surface area contributed by atoms with Crippen LogP contribution in [0.25, 0.3) is 11.1 Å². The van der Waals surface area contributed by atoms with Gasteiger partial charge in [-0.25, -0.2) is 0 Å². The van der Waals surface area contributed by atoms with E-state index in [-0.39, 0.29) is 5.78 Å². The molecule has 0 N–H and O–H groups in total. The van der Waals surface area contributed by atoms with Crippen molar-refractivity contribution in [3.05, 3.63) is 54.1 Å². The van der Waals surface area contributed by atoms with Crippen LogP contribution in [0.3, 0.4) is 0 Å². The number of hydrogen-bond acceptors (Lipinski definition) is 2. The second kappa shape index (κ2) is 7.65. The van der Waals surface area contributed by atoms with E-state index in [0.29, 0.717) is 12.3 Å². The van der Waals surface area contributed by atoms with Crippen molar-refractivity contribution in [2.24, 2.45) is 5.92 Å². The summed E-state index contributed by atoms with van der Waals surface area (Å²) in [4.78, 5) is 12.7. The third-order valence-electron chi connectivity index (χ3n) is 4.65. The fraction of sp³-hybridized carbons (Fsp3) is 0.409. The number of benzene rings is 2. The van der Waals surface area contributed by atoms with E-state index in [0.717, 1.165) is 28.9 Å². The number of Topliss-reactive ketones (excluding diaryl/α,β-unsaturated/α-hetero) is 1. The number of carbonyl (C=O) groups excluding carboxylic acids is 1. The minimum absolute atomic E-state index is 0.283. The molecule has 128 valence electrons. The molecule has 0 unspecified atom stereocenters. The van der Waals surface area contributed by atoms with Crippen LogP contribution < -0.4 is 4.74 Å². The molecule has 0 aliphatic heterocycles. The molecule has 24 heavy (non-hydrogen) atoms. The third kappa shape index (κ3) is 4.05. The molecule has 0 saturated heterocycles. The van der Waals surface area contributed by atoms with Gasteiger partial charge in [-0.15, -0.1) is 0 Å². The van der Waals surface area contributed by atoms with E-state index >= 15 is 0 Å². The summed E-state index contributed by atoms with van der Waals surface area (Å²) in [6, 6.07) is 16.3. The van der Waals surface area contributed by atoms with Crippen LogP contribution in [-0.2, 0) is 10.2 Å². The number of hydrogen-bond donors (Lipinski definition) is 0. The van der Waals surface area contributed by atoms with Crippen molar-refractivity contribution in [2.75, 3.05) is 7.11 Å². The van der Waals surface area contributed by atoms with E-state index < -0.39 is 5.41 Å².